The summed E-state index contributed by atoms with van der Waals surface area (Å²) in [5, 5.41) is 83.0. The van der Waals surface area contributed by atoms with Gasteiger partial charge in [-0.1, -0.05) is 352 Å². The van der Waals surface area contributed by atoms with Crippen molar-refractivity contribution in [2.75, 3.05) is 0 Å². The van der Waals surface area contributed by atoms with Crippen LogP contribution in [0.3, 0.4) is 0 Å². The van der Waals surface area contributed by atoms with E-state index in [1.54, 1.807) is 0 Å². The third-order valence-electron chi connectivity index (χ3n) is 24.0. The van der Waals surface area contributed by atoms with Crippen LogP contribution in [0.15, 0.2) is 121 Å². The zero-order valence-electron chi connectivity index (χ0n) is 82.7. The molecule has 0 bridgehead atoms. The van der Waals surface area contributed by atoms with E-state index in [9.17, 15) is 40.9 Å². The van der Waals surface area contributed by atoms with E-state index in [2.05, 4.69) is 187 Å². The molecular formula is C110H164Ir4N4O8-4. The molecule has 0 saturated heterocycles. The van der Waals surface area contributed by atoms with Gasteiger partial charge in [-0.25, -0.2) is 0 Å². The van der Waals surface area contributed by atoms with Gasteiger partial charge >= 0.3 is 0 Å². The third kappa shape index (κ3) is 41.5. The van der Waals surface area contributed by atoms with Gasteiger partial charge in [0.15, 0.2) is 0 Å². The molecule has 10 atom stereocenters. The van der Waals surface area contributed by atoms with Crippen molar-refractivity contribution < 1.29 is 121 Å². The number of aryl methyl sites for hydroxylation is 4. The monoisotopic (exact) mass is 2440 g/mol. The van der Waals surface area contributed by atoms with E-state index < -0.39 is 48.8 Å². The van der Waals surface area contributed by atoms with Gasteiger partial charge in [0.25, 0.3) is 0 Å². The largest absolute Gasteiger partial charge is 0.392 e. The van der Waals surface area contributed by atoms with Gasteiger partial charge < -0.3 is 60.8 Å². The number of aliphatic hydroxyl groups excluding tert-OH is 8. The number of hydrogen-bond donors (Lipinski definition) is 8. The van der Waals surface area contributed by atoms with Crippen molar-refractivity contribution >= 4 is 65.9 Å². The van der Waals surface area contributed by atoms with E-state index in [1.807, 2.05) is 166 Å². The Kier molecular flexibility index (Phi) is 50.9. The van der Waals surface area contributed by atoms with Crippen LogP contribution in [0.25, 0.3) is 65.9 Å². The fourth-order valence-corrected chi connectivity index (χ4v) is 13.9. The number of pyridine rings is 4. The fourth-order valence-electron chi connectivity index (χ4n) is 13.9. The Labute approximate surface area is 818 Å². The second kappa shape index (κ2) is 53.6. The quantitative estimate of drug-likeness (QED) is 0.0537. The minimum Gasteiger partial charge on any atom is -0.392 e. The van der Waals surface area contributed by atoms with Crippen LogP contribution in [0.4, 0.5) is 0 Å². The van der Waals surface area contributed by atoms with Crippen LogP contribution in [0.5, 0.6) is 0 Å². The maximum absolute atomic E-state index is 9.76. The van der Waals surface area contributed by atoms with Crippen LogP contribution in [0.1, 0.15) is 341 Å². The van der Waals surface area contributed by atoms with Gasteiger partial charge in [0.05, 0.1) is 48.8 Å². The minimum absolute atomic E-state index is 0. The molecule has 4 aromatic carbocycles. The smallest absolute Gasteiger partial charge is 0.0613 e. The zero-order valence-corrected chi connectivity index (χ0v) is 92.3. The number of hydrogen-bond acceptors (Lipinski definition) is 12. The van der Waals surface area contributed by atoms with Crippen LogP contribution < -0.4 is 0 Å². The van der Waals surface area contributed by atoms with Gasteiger partial charge in [-0.15, -0.1) is 48.9 Å². The molecule has 0 amide bonds. The summed E-state index contributed by atoms with van der Waals surface area (Å²) in [7, 11) is 0. The van der Waals surface area contributed by atoms with Crippen molar-refractivity contribution in [3.8, 4) is 0 Å². The molecule has 12 rings (SSSR count). The first-order chi connectivity index (χ1) is 56.3. The van der Waals surface area contributed by atoms with Crippen molar-refractivity contribution in [2.24, 2.45) is 55.2 Å². The Hall–Kier alpha value is -4.24. The summed E-state index contributed by atoms with van der Waals surface area (Å²) < 4.78 is 0. The molecule has 4 heterocycles. The van der Waals surface area contributed by atoms with Crippen molar-refractivity contribution in [2.45, 2.75) is 372 Å². The number of aromatic nitrogens is 4. The van der Waals surface area contributed by atoms with Gasteiger partial charge in [0, 0.05) is 128 Å². The summed E-state index contributed by atoms with van der Waals surface area (Å²) in [5.74, 6) is 1.15. The summed E-state index contributed by atoms with van der Waals surface area (Å²) in [6, 6.07) is 42.8. The average molecular weight is 2440 g/mol. The van der Waals surface area contributed by atoms with E-state index in [4.69, 9.17) is 19.9 Å². The molecule has 0 spiro atoms. The van der Waals surface area contributed by atoms with E-state index in [-0.39, 0.29) is 124 Å². The molecule has 712 valence electrons. The molecule has 12 nitrogen and oxygen atoms in total. The van der Waals surface area contributed by atoms with Crippen molar-refractivity contribution in [1.29, 1.82) is 0 Å². The predicted molar refractivity (Wildman–Crippen MR) is 518 cm³/mol. The van der Waals surface area contributed by atoms with Crippen LogP contribution in [0, 0.1) is 107 Å². The normalized spacial score (nSPS) is 17.6. The zero-order chi connectivity index (χ0) is 91.8. The molecule has 126 heavy (non-hydrogen) atoms. The summed E-state index contributed by atoms with van der Waals surface area (Å²) in [5.41, 5.74) is 18.0. The number of rotatable bonds is 12. The maximum Gasteiger partial charge on any atom is 0.0613 e. The van der Waals surface area contributed by atoms with Crippen LogP contribution in [-0.2, 0) is 80.4 Å². The Balaban J connectivity index is 0.000000721. The topological polar surface area (TPSA) is 213 Å². The number of allylic oxidation sites excluding steroid dienone is 8. The fraction of sp³-hybridized carbons (Fsp3) is 0.600. The average Bonchev–Trinajstić information content (AvgIpc) is 0.802. The Morgan fingerprint density at radius 1 is 0.294 bits per heavy atom. The van der Waals surface area contributed by atoms with Crippen LogP contribution in [0.2, 0.25) is 0 Å². The second-order valence-electron chi connectivity index (χ2n) is 44.0. The van der Waals surface area contributed by atoms with Gasteiger partial charge in [0.2, 0.25) is 0 Å². The minimum atomic E-state index is -0.443. The molecule has 16 heteroatoms. The van der Waals surface area contributed by atoms with Crippen LogP contribution in [-0.4, -0.2) is 110 Å². The van der Waals surface area contributed by atoms with E-state index in [0.29, 0.717) is 37.5 Å². The Morgan fingerprint density at radius 2 is 0.540 bits per heavy atom. The number of nitrogens with zero attached hydrogens (tertiary/aromatic N) is 4. The molecule has 4 radical (unpaired) electrons. The molecule has 4 aliphatic carbocycles. The molecule has 10 unspecified atom stereocenters. The Morgan fingerprint density at radius 3 is 0.786 bits per heavy atom. The molecule has 0 saturated carbocycles. The van der Waals surface area contributed by atoms with Crippen molar-refractivity contribution in [3.63, 3.8) is 0 Å². The second-order valence-corrected chi connectivity index (χ2v) is 44.0. The summed E-state index contributed by atoms with van der Waals surface area (Å²) >= 11 is 0. The van der Waals surface area contributed by atoms with E-state index >= 15 is 0 Å². The number of fused-ring (bicyclic) bond motifs is 4. The van der Waals surface area contributed by atoms with Gasteiger partial charge in [0.1, 0.15) is 0 Å². The maximum atomic E-state index is 9.76. The third-order valence-corrected chi connectivity index (χ3v) is 24.0. The van der Waals surface area contributed by atoms with E-state index in [0.717, 1.165) is 83.4 Å². The molecule has 4 aliphatic rings. The molecule has 0 fully saturated rings. The van der Waals surface area contributed by atoms with Gasteiger partial charge in [-0.05, 0) is 140 Å². The predicted octanol–water partition coefficient (Wildman–Crippen LogP) is 26.5. The summed E-state index contributed by atoms with van der Waals surface area (Å²) in [6.45, 7) is 60.5. The first kappa shape index (κ1) is 120. The molecule has 8 aromatic rings. The van der Waals surface area contributed by atoms with Gasteiger partial charge in [-0.2, -0.15) is 22.3 Å². The standard InChI is InChI=1S/2C17H18N.2C16H16N.4C11H24O2.4Ir/c1-12-5-3-7-14(11-12)16-10-9-15-13(2)6-4-8-17(15)18-16;1-12-4-3-5-14(10-12)17-9-7-15-11-13(2)6-8-16(15)18-17;1-12-6-5-9-16-14(12)10-11-15(17-16)13-7-3-2-4-8-13;1-12-7-9-16-14(11-12)8-10-15(17-16)13-5-3-2-4-6-13;4*1-10(2,3)8(12)7-9(13)11(4,5)6;;;;/h4,6,8-10,12H,3,5,7H2,1-2H3;6-9,11-12H,3-5H2,1-2H3;5-6,9-11H,2-4,7H2,1H3;7-11H,2-5H2,1H3;4*8-9,12-13H,7H2,1-6H3;;;;/q4*-1;;;;;;;;. The molecule has 4 aromatic heterocycles. The number of benzene rings is 4. The molecule has 0 aliphatic heterocycles. The van der Waals surface area contributed by atoms with Crippen molar-refractivity contribution in [1.82, 2.24) is 19.9 Å². The van der Waals surface area contributed by atoms with E-state index in [1.165, 1.54) is 117 Å². The van der Waals surface area contributed by atoms with Crippen molar-refractivity contribution in [3.05, 3.63) is 191 Å². The molecule has 8 N–H and O–H groups in total. The SMILES string of the molecule is CC(C)(C)C(O)CC(O)C(C)(C)C.CC(C)(C)C(O)CC(O)C(C)(C)C.CC(C)(C)C(O)CC(O)C(C)(C)C.CC(C)(C)C(O)CC(O)C(C)(C)C.Cc1ccc2nc(C3=[C-]C(C)CCC3)ccc2c1.Cc1ccc2nc(C3=[C-]CCCC3)ccc2c1.Cc1cccc2nc(C3=[C-]C(C)CCC3)ccc12.Cc1cccc2nc(C3=[C-]CCCC3)ccc12.[Ir].[Ir].[Ir].[Ir]. The summed E-state index contributed by atoms with van der Waals surface area (Å²) in [6.07, 6.45) is 29.1. The first-order valence-electron chi connectivity index (χ1n) is 45.7. The Bertz CT molecular complexity index is 4460. The molecular weight excluding hydrogens is 2270 g/mol. The number of aliphatic hydroxyl groups is 8. The first-order valence-corrected chi connectivity index (χ1v) is 45.7. The summed E-state index contributed by atoms with van der Waals surface area (Å²) in [4.78, 5) is 19.1. The van der Waals surface area contributed by atoms with Crippen LogP contribution >= 0.6 is 0 Å². The van der Waals surface area contributed by atoms with Gasteiger partial charge in [-0.3, -0.25) is 24.3 Å².